The van der Waals surface area contributed by atoms with Crippen LogP contribution in [0.25, 0.3) is 0 Å². The van der Waals surface area contributed by atoms with E-state index >= 15 is 0 Å². The summed E-state index contributed by atoms with van der Waals surface area (Å²) >= 11 is 0. The van der Waals surface area contributed by atoms with E-state index in [0.29, 0.717) is 17.4 Å². The number of alkyl halides is 3. The van der Waals surface area contributed by atoms with Crippen molar-refractivity contribution in [1.29, 1.82) is 0 Å². The number of nitrogens with two attached hydrogens (primary N) is 1. The smallest absolute Gasteiger partial charge is 0.366 e. The van der Waals surface area contributed by atoms with Crippen LogP contribution in [0, 0.1) is 6.92 Å². The number of hydrogen-bond donors (Lipinski definition) is 4. The summed E-state index contributed by atoms with van der Waals surface area (Å²) in [6.45, 7) is 1.61. The Labute approximate surface area is 193 Å². The van der Waals surface area contributed by atoms with Gasteiger partial charge in [-0.05, 0) is 48.4 Å². The zero-order valence-corrected chi connectivity index (χ0v) is 18.9. The molecule has 180 valence electrons. The number of amides is 1. The van der Waals surface area contributed by atoms with Crippen molar-refractivity contribution in [2.45, 2.75) is 19.6 Å². The molecule has 0 aliphatic carbocycles. The van der Waals surface area contributed by atoms with E-state index in [1.54, 1.807) is 25.1 Å². The van der Waals surface area contributed by atoms with Gasteiger partial charge in [-0.1, -0.05) is 12.1 Å². The van der Waals surface area contributed by atoms with E-state index in [1.807, 2.05) is 0 Å². The van der Waals surface area contributed by atoms with Crippen LogP contribution >= 0.6 is 0 Å². The highest BCUT2D eigenvalue weighted by Crippen LogP contribution is 2.34. The van der Waals surface area contributed by atoms with Crippen molar-refractivity contribution in [3.63, 3.8) is 0 Å². The Morgan fingerprint density at radius 1 is 1.12 bits per heavy atom. The Balaban J connectivity index is 1.89. The minimum atomic E-state index is -4.73. The molecule has 9 nitrogen and oxygen atoms in total. The third kappa shape index (κ3) is 6.57. The molecule has 1 heterocycles. The fourth-order valence-electron chi connectivity index (χ4n) is 2.95. The average molecular weight is 494 g/mol. The quantitative estimate of drug-likeness (QED) is 0.375. The van der Waals surface area contributed by atoms with E-state index in [2.05, 4.69) is 25.3 Å². The van der Waals surface area contributed by atoms with Crippen LogP contribution < -0.4 is 21.1 Å². The summed E-state index contributed by atoms with van der Waals surface area (Å²) in [4.78, 5) is 18.9. The number of aromatic nitrogens is 2. The van der Waals surface area contributed by atoms with Crippen molar-refractivity contribution in [2.24, 2.45) is 5.73 Å². The van der Waals surface area contributed by atoms with Crippen LogP contribution in [0.3, 0.4) is 0 Å². The highest BCUT2D eigenvalue weighted by Gasteiger charge is 2.35. The summed E-state index contributed by atoms with van der Waals surface area (Å²) < 4.78 is 66.3. The lowest BCUT2D eigenvalue weighted by atomic mass is 10.1. The molecule has 0 spiro atoms. The molecule has 2 aromatic carbocycles. The van der Waals surface area contributed by atoms with Crippen molar-refractivity contribution >= 4 is 39.1 Å². The van der Waals surface area contributed by atoms with E-state index < -0.39 is 33.5 Å². The lowest BCUT2D eigenvalue weighted by molar-refractivity contribution is -0.137. The summed E-state index contributed by atoms with van der Waals surface area (Å²) in [5.41, 5.74) is 6.21. The molecule has 1 aromatic heterocycles. The van der Waals surface area contributed by atoms with Crippen LogP contribution in [0.4, 0.5) is 36.3 Å². The van der Waals surface area contributed by atoms with Gasteiger partial charge in [0.2, 0.25) is 21.9 Å². The maximum atomic E-state index is 13.5. The van der Waals surface area contributed by atoms with Gasteiger partial charge in [0.1, 0.15) is 11.4 Å². The second-order valence-electron chi connectivity index (χ2n) is 7.41. The molecule has 3 rings (SSSR count). The van der Waals surface area contributed by atoms with Crippen LogP contribution in [0.15, 0.2) is 48.7 Å². The molecule has 0 unspecified atom stereocenters. The number of sulfonamides is 1. The van der Waals surface area contributed by atoms with Gasteiger partial charge in [0.15, 0.2) is 0 Å². The number of carbonyl (C=O) groups excluding carboxylic acids is 1. The van der Waals surface area contributed by atoms with Crippen molar-refractivity contribution in [3.8, 4) is 0 Å². The number of anilines is 4. The molecule has 5 N–H and O–H groups in total. The Bertz CT molecular complexity index is 1310. The molecule has 34 heavy (non-hydrogen) atoms. The summed E-state index contributed by atoms with van der Waals surface area (Å²) in [6.07, 6.45) is -3.11. The Hall–Kier alpha value is -3.87. The van der Waals surface area contributed by atoms with Crippen LogP contribution in [0.5, 0.6) is 0 Å². The molecule has 0 saturated heterocycles. The number of primary amides is 1. The maximum absolute atomic E-state index is 13.5. The van der Waals surface area contributed by atoms with Crippen LogP contribution in [-0.2, 0) is 22.7 Å². The number of nitrogens with zero attached hydrogens (tertiary/aromatic N) is 2. The van der Waals surface area contributed by atoms with Crippen molar-refractivity contribution in [2.75, 3.05) is 21.6 Å². The Morgan fingerprint density at radius 2 is 1.79 bits per heavy atom. The van der Waals surface area contributed by atoms with Gasteiger partial charge in [-0.2, -0.15) is 18.2 Å². The third-order valence-electron chi connectivity index (χ3n) is 4.53. The van der Waals surface area contributed by atoms with Crippen LogP contribution in [0.1, 0.15) is 27.0 Å². The highest BCUT2D eigenvalue weighted by molar-refractivity contribution is 7.92. The molecule has 0 radical (unpaired) electrons. The maximum Gasteiger partial charge on any atom is 0.421 e. The van der Waals surface area contributed by atoms with Gasteiger partial charge < -0.3 is 16.4 Å². The minimum absolute atomic E-state index is 0.124. The van der Waals surface area contributed by atoms with Crippen molar-refractivity contribution in [3.05, 3.63) is 70.9 Å². The number of halogens is 3. The molecule has 3 aromatic rings. The Kier molecular flexibility index (Phi) is 6.96. The molecule has 0 fully saturated rings. The molecule has 0 bridgehead atoms. The Morgan fingerprint density at radius 3 is 2.38 bits per heavy atom. The number of hydrogen-bond acceptors (Lipinski definition) is 7. The first-order chi connectivity index (χ1) is 15.8. The zero-order valence-electron chi connectivity index (χ0n) is 18.1. The van der Waals surface area contributed by atoms with Crippen LogP contribution in [0.2, 0.25) is 0 Å². The second-order valence-corrected chi connectivity index (χ2v) is 9.16. The normalized spacial score (nSPS) is 11.7. The number of benzene rings is 2. The van der Waals surface area contributed by atoms with Gasteiger partial charge >= 0.3 is 6.18 Å². The van der Waals surface area contributed by atoms with Crippen molar-refractivity contribution in [1.82, 2.24) is 9.97 Å². The summed E-state index contributed by atoms with van der Waals surface area (Å²) in [5, 5.41) is 5.39. The first-order valence-electron chi connectivity index (χ1n) is 9.74. The topological polar surface area (TPSA) is 139 Å². The van der Waals surface area contributed by atoms with E-state index in [4.69, 9.17) is 5.73 Å². The first kappa shape index (κ1) is 24.8. The van der Waals surface area contributed by atoms with Gasteiger partial charge in [-0.25, -0.2) is 13.4 Å². The lowest BCUT2D eigenvalue weighted by Crippen LogP contribution is -2.16. The average Bonchev–Trinajstić information content (AvgIpc) is 2.71. The SMILES string of the molecule is Cc1ccc(CNc2nc(Nc3ccc(C(N)=O)cc3)ncc2C(F)(F)F)c(NS(C)(=O)=O)c1. The lowest BCUT2D eigenvalue weighted by Gasteiger charge is -2.17. The standard InChI is InChI=1S/C21H21F3N6O3S/c1-12-3-4-14(17(9-12)30-34(2,32)33)10-26-19-16(21(22,23)24)11-27-20(29-19)28-15-7-5-13(6-8-15)18(25)31/h3-9,11,30H,10H2,1-2H3,(H2,25,31)(H2,26,27,28,29). The van der Waals surface area contributed by atoms with Crippen molar-refractivity contribution < 1.29 is 26.4 Å². The van der Waals surface area contributed by atoms with E-state index in [9.17, 15) is 26.4 Å². The predicted molar refractivity (Wildman–Crippen MR) is 122 cm³/mol. The molecular weight excluding hydrogens is 473 g/mol. The number of nitrogens with one attached hydrogen (secondary N) is 3. The number of rotatable bonds is 8. The van der Waals surface area contributed by atoms with Gasteiger partial charge in [0.05, 0.1) is 11.9 Å². The molecule has 0 atom stereocenters. The fraction of sp³-hybridized carbons (Fsp3) is 0.190. The van der Waals surface area contributed by atoms with Gasteiger partial charge in [0.25, 0.3) is 0 Å². The highest BCUT2D eigenvalue weighted by atomic mass is 32.2. The van der Waals surface area contributed by atoms with E-state index in [-0.39, 0.29) is 23.7 Å². The molecule has 0 aliphatic heterocycles. The molecule has 0 aliphatic rings. The zero-order chi connectivity index (χ0) is 25.1. The minimum Gasteiger partial charge on any atom is -0.366 e. The summed E-state index contributed by atoms with van der Waals surface area (Å²) in [7, 11) is -3.60. The third-order valence-corrected chi connectivity index (χ3v) is 5.12. The number of aryl methyl sites for hydroxylation is 1. The van der Waals surface area contributed by atoms with E-state index in [0.717, 1.165) is 11.8 Å². The van der Waals surface area contributed by atoms with Gasteiger partial charge in [-0.3, -0.25) is 9.52 Å². The molecule has 1 amide bonds. The predicted octanol–water partition coefficient (Wildman–Crippen LogP) is 3.63. The van der Waals surface area contributed by atoms with Gasteiger partial charge in [-0.15, -0.1) is 0 Å². The first-order valence-corrected chi connectivity index (χ1v) is 11.6. The molecular formula is C21H21F3N6O3S. The monoisotopic (exact) mass is 494 g/mol. The van der Waals surface area contributed by atoms with Gasteiger partial charge in [0, 0.05) is 24.0 Å². The summed E-state index contributed by atoms with van der Waals surface area (Å²) in [6, 6.07) is 10.8. The molecule has 13 heteroatoms. The second kappa shape index (κ2) is 9.55. The number of carbonyl (C=O) groups is 1. The van der Waals surface area contributed by atoms with Crippen LogP contribution in [-0.4, -0.2) is 30.5 Å². The molecule has 0 saturated carbocycles. The summed E-state index contributed by atoms with van der Waals surface area (Å²) in [5.74, 6) is -1.24. The fourth-order valence-corrected chi connectivity index (χ4v) is 3.54. The largest absolute Gasteiger partial charge is 0.421 e. The van der Waals surface area contributed by atoms with E-state index in [1.165, 1.54) is 24.3 Å².